The average Bonchev–Trinajstić information content (AvgIpc) is 2.00. The largest absolute Gasteiger partial charge is 0.228 e. The average molecular weight is 204 g/mol. The summed E-state index contributed by atoms with van der Waals surface area (Å²) in [7, 11) is -2.81. The second kappa shape index (κ2) is 3.60. The first-order valence-electron chi connectivity index (χ1n) is 5.08. The van der Waals surface area contributed by atoms with Crippen LogP contribution in [0.5, 0.6) is 0 Å². The summed E-state index contributed by atoms with van der Waals surface area (Å²) in [5.74, 6) is 1.20. The third kappa shape index (κ3) is 2.06. The Morgan fingerprint density at radius 2 is 1.46 bits per heavy atom. The summed E-state index contributed by atoms with van der Waals surface area (Å²) < 4.78 is 23.4. The standard InChI is InChI=1S/C10H20O2S/c1-7(2)10-5-8(3)13(11,12)9(4)6-10/h7-10H,5-6H2,1-4H3. The van der Waals surface area contributed by atoms with E-state index < -0.39 is 9.84 Å². The molecule has 0 aliphatic carbocycles. The Kier molecular flexibility index (Phi) is 3.05. The number of rotatable bonds is 1. The van der Waals surface area contributed by atoms with Crippen molar-refractivity contribution in [2.75, 3.05) is 0 Å². The molecule has 1 aliphatic rings. The van der Waals surface area contributed by atoms with Crippen molar-refractivity contribution >= 4 is 9.84 Å². The summed E-state index contributed by atoms with van der Waals surface area (Å²) >= 11 is 0. The molecule has 0 spiro atoms. The molecule has 2 atom stereocenters. The minimum absolute atomic E-state index is 0.136. The molecule has 0 aromatic carbocycles. The van der Waals surface area contributed by atoms with E-state index in [4.69, 9.17) is 0 Å². The molecule has 0 amide bonds. The highest BCUT2D eigenvalue weighted by atomic mass is 32.2. The Balaban J connectivity index is 2.80. The van der Waals surface area contributed by atoms with Gasteiger partial charge in [-0.25, -0.2) is 8.42 Å². The van der Waals surface area contributed by atoms with Crippen molar-refractivity contribution in [1.29, 1.82) is 0 Å². The predicted octanol–water partition coefficient (Wildman–Crippen LogP) is 2.24. The van der Waals surface area contributed by atoms with Crippen LogP contribution in [0.3, 0.4) is 0 Å². The topological polar surface area (TPSA) is 34.1 Å². The molecular formula is C10H20O2S. The van der Waals surface area contributed by atoms with Crippen molar-refractivity contribution in [3.05, 3.63) is 0 Å². The molecule has 1 fully saturated rings. The zero-order valence-electron chi connectivity index (χ0n) is 8.95. The second-order valence-corrected chi connectivity index (χ2v) is 7.47. The zero-order valence-corrected chi connectivity index (χ0v) is 9.76. The molecule has 0 aromatic heterocycles. The van der Waals surface area contributed by atoms with Gasteiger partial charge in [-0.05, 0) is 38.5 Å². The lowest BCUT2D eigenvalue weighted by Crippen LogP contribution is -2.38. The molecule has 0 aromatic rings. The fraction of sp³-hybridized carbons (Fsp3) is 1.00. The van der Waals surface area contributed by atoms with E-state index in [-0.39, 0.29) is 10.5 Å². The van der Waals surface area contributed by atoms with E-state index in [1.807, 2.05) is 13.8 Å². The van der Waals surface area contributed by atoms with E-state index in [1.54, 1.807) is 0 Å². The molecule has 1 aliphatic heterocycles. The van der Waals surface area contributed by atoms with Gasteiger partial charge in [-0.15, -0.1) is 0 Å². The molecule has 3 heteroatoms. The number of hydrogen-bond donors (Lipinski definition) is 0. The molecule has 1 rings (SSSR count). The quantitative estimate of drug-likeness (QED) is 0.656. The van der Waals surface area contributed by atoms with Crippen LogP contribution in [0.1, 0.15) is 40.5 Å². The molecule has 1 saturated heterocycles. The first-order valence-corrected chi connectivity index (χ1v) is 6.69. The predicted molar refractivity (Wildman–Crippen MR) is 55.4 cm³/mol. The van der Waals surface area contributed by atoms with E-state index in [9.17, 15) is 8.42 Å². The highest BCUT2D eigenvalue weighted by molar-refractivity contribution is 7.92. The maximum absolute atomic E-state index is 11.7. The molecule has 0 radical (unpaired) electrons. The molecule has 2 unspecified atom stereocenters. The number of sulfone groups is 1. The zero-order chi connectivity index (χ0) is 10.2. The van der Waals surface area contributed by atoms with E-state index >= 15 is 0 Å². The van der Waals surface area contributed by atoms with Gasteiger partial charge in [-0.2, -0.15) is 0 Å². The Hall–Kier alpha value is -0.0500. The monoisotopic (exact) mass is 204 g/mol. The number of hydrogen-bond acceptors (Lipinski definition) is 2. The van der Waals surface area contributed by atoms with Crippen molar-refractivity contribution in [3.63, 3.8) is 0 Å². The Labute approximate surface area is 81.6 Å². The smallest absolute Gasteiger partial charge is 0.155 e. The molecule has 2 nitrogen and oxygen atoms in total. The van der Waals surface area contributed by atoms with Crippen LogP contribution in [-0.4, -0.2) is 18.9 Å². The first-order chi connectivity index (χ1) is 5.85. The van der Waals surface area contributed by atoms with Crippen molar-refractivity contribution in [2.45, 2.75) is 51.0 Å². The van der Waals surface area contributed by atoms with Crippen molar-refractivity contribution in [2.24, 2.45) is 11.8 Å². The lowest BCUT2D eigenvalue weighted by atomic mass is 9.87. The van der Waals surface area contributed by atoms with Gasteiger partial charge in [-0.3, -0.25) is 0 Å². The van der Waals surface area contributed by atoms with E-state index in [2.05, 4.69) is 13.8 Å². The summed E-state index contributed by atoms with van der Waals surface area (Å²) in [4.78, 5) is 0. The van der Waals surface area contributed by atoms with Gasteiger partial charge in [0.05, 0.1) is 10.5 Å². The van der Waals surface area contributed by atoms with Gasteiger partial charge in [0, 0.05) is 0 Å². The van der Waals surface area contributed by atoms with Gasteiger partial charge < -0.3 is 0 Å². The molecule has 0 N–H and O–H groups in total. The minimum atomic E-state index is -2.81. The summed E-state index contributed by atoms with van der Waals surface area (Å²) in [5, 5.41) is -0.271. The van der Waals surface area contributed by atoms with Crippen LogP contribution in [-0.2, 0) is 9.84 Å². The van der Waals surface area contributed by atoms with Crippen LogP contribution < -0.4 is 0 Å². The highest BCUT2D eigenvalue weighted by Gasteiger charge is 2.37. The van der Waals surface area contributed by atoms with Gasteiger partial charge in [-0.1, -0.05) is 13.8 Å². The SMILES string of the molecule is CC(C)C1CC(C)S(=O)(=O)C(C)C1. The maximum atomic E-state index is 11.7. The van der Waals surface area contributed by atoms with Crippen LogP contribution in [0.2, 0.25) is 0 Å². The van der Waals surface area contributed by atoms with Gasteiger partial charge in [0.1, 0.15) is 0 Å². The minimum Gasteiger partial charge on any atom is -0.228 e. The van der Waals surface area contributed by atoms with Crippen LogP contribution in [0.15, 0.2) is 0 Å². The fourth-order valence-corrected chi connectivity index (χ4v) is 3.98. The van der Waals surface area contributed by atoms with Crippen LogP contribution in [0.4, 0.5) is 0 Å². The summed E-state index contributed by atoms with van der Waals surface area (Å²) in [6.45, 7) is 8.06. The Morgan fingerprint density at radius 3 is 1.77 bits per heavy atom. The Bertz CT molecular complexity index is 249. The summed E-state index contributed by atoms with van der Waals surface area (Å²) in [5.41, 5.74) is 0. The lowest BCUT2D eigenvalue weighted by Gasteiger charge is -2.33. The molecule has 0 saturated carbocycles. The van der Waals surface area contributed by atoms with Gasteiger partial charge >= 0.3 is 0 Å². The molecule has 13 heavy (non-hydrogen) atoms. The van der Waals surface area contributed by atoms with E-state index in [0.717, 1.165) is 12.8 Å². The van der Waals surface area contributed by atoms with Crippen molar-refractivity contribution in [3.8, 4) is 0 Å². The normalized spacial score (nSPS) is 39.3. The lowest BCUT2D eigenvalue weighted by molar-refractivity contribution is 0.314. The highest BCUT2D eigenvalue weighted by Crippen LogP contribution is 2.34. The van der Waals surface area contributed by atoms with Crippen LogP contribution >= 0.6 is 0 Å². The molecule has 78 valence electrons. The molecular weight excluding hydrogens is 184 g/mol. The van der Waals surface area contributed by atoms with Crippen LogP contribution in [0.25, 0.3) is 0 Å². The van der Waals surface area contributed by atoms with Crippen molar-refractivity contribution in [1.82, 2.24) is 0 Å². The first kappa shape index (κ1) is 11.0. The maximum Gasteiger partial charge on any atom is 0.155 e. The van der Waals surface area contributed by atoms with Gasteiger partial charge in [0.25, 0.3) is 0 Å². The third-order valence-corrected chi connectivity index (χ3v) is 5.96. The molecule has 0 bridgehead atoms. The summed E-state index contributed by atoms with van der Waals surface area (Å²) in [6, 6.07) is 0. The Morgan fingerprint density at radius 1 is 1.08 bits per heavy atom. The fourth-order valence-electron chi connectivity index (χ4n) is 2.16. The van der Waals surface area contributed by atoms with E-state index in [0.29, 0.717) is 11.8 Å². The summed E-state index contributed by atoms with van der Waals surface area (Å²) in [6.07, 6.45) is 1.70. The van der Waals surface area contributed by atoms with Crippen LogP contribution in [0, 0.1) is 11.8 Å². The third-order valence-electron chi connectivity index (χ3n) is 3.33. The van der Waals surface area contributed by atoms with E-state index in [1.165, 1.54) is 0 Å². The van der Waals surface area contributed by atoms with Crippen molar-refractivity contribution < 1.29 is 8.42 Å². The van der Waals surface area contributed by atoms with Gasteiger partial charge in [0.2, 0.25) is 0 Å². The molecule has 1 heterocycles. The van der Waals surface area contributed by atoms with Gasteiger partial charge in [0.15, 0.2) is 9.84 Å². The second-order valence-electron chi connectivity index (χ2n) is 4.69.